The Morgan fingerprint density at radius 3 is 2.40 bits per heavy atom. The Labute approximate surface area is 179 Å². The van der Waals surface area contributed by atoms with Crippen LogP contribution in [0.1, 0.15) is 11.3 Å². The molecule has 0 spiro atoms. The topological polar surface area (TPSA) is 136 Å². The maximum Gasteiger partial charge on any atom is 0.228 e. The Kier molecular flexibility index (Phi) is 6.65. The monoisotopic (exact) mass is 449 g/mol. The lowest BCUT2D eigenvalue weighted by atomic mass is 10.2. The molecule has 1 aromatic carbocycles. The Morgan fingerprint density at radius 2 is 1.80 bits per heavy atom. The number of rotatable bonds is 8. The molecule has 10 nitrogen and oxygen atoms in total. The fourth-order valence-corrected chi connectivity index (χ4v) is 3.14. The zero-order valence-electron chi connectivity index (χ0n) is 16.3. The van der Waals surface area contributed by atoms with Gasteiger partial charge in [0.25, 0.3) is 0 Å². The minimum atomic E-state index is -3.59. The molecule has 3 aromatic rings. The number of nitrogens with zero attached hydrogens (tertiary/aromatic N) is 5. The number of hydrogen-bond acceptors (Lipinski definition) is 9. The summed E-state index contributed by atoms with van der Waals surface area (Å²) < 4.78 is 28.2. The molecule has 3 N–H and O–H groups in total. The van der Waals surface area contributed by atoms with Gasteiger partial charge in [-0.25, -0.2) is 28.5 Å². The van der Waals surface area contributed by atoms with Gasteiger partial charge >= 0.3 is 0 Å². The molecule has 0 saturated carbocycles. The van der Waals surface area contributed by atoms with E-state index in [2.05, 4.69) is 25.3 Å². The second kappa shape index (κ2) is 9.20. The highest BCUT2D eigenvalue weighted by Gasteiger charge is 2.10. The average Bonchev–Trinajstić information content (AvgIpc) is 2.68. The zero-order chi connectivity index (χ0) is 21.7. The van der Waals surface area contributed by atoms with Gasteiger partial charge in [-0.2, -0.15) is 4.98 Å². The van der Waals surface area contributed by atoms with E-state index in [-0.39, 0.29) is 5.75 Å². The van der Waals surface area contributed by atoms with E-state index in [0.717, 1.165) is 0 Å². The van der Waals surface area contributed by atoms with Crippen molar-refractivity contribution in [2.24, 2.45) is 5.14 Å². The first-order valence-corrected chi connectivity index (χ1v) is 10.8. The van der Waals surface area contributed by atoms with Crippen LogP contribution in [-0.2, 0) is 22.3 Å². The number of aromatic nitrogens is 4. The first-order valence-electron chi connectivity index (χ1n) is 8.72. The fraction of sp³-hybridized carbons (Fsp3) is 0.222. The quantitative estimate of drug-likeness (QED) is 0.530. The summed E-state index contributed by atoms with van der Waals surface area (Å²) in [6, 6.07) is 8.26. The van der Waals surface area contributed by atoms with Crippen LogP contribution in [0.15, 0.2) is 42.7 Å². The maximum atomic E-state index is 11.2. The van der Waals surface area contributed by atoms with Crippen molar-refractivity contribution in [1.82, 2.24) is 19.9 Å². The highest BCUT2D eigenvalue weighted by atomic mass is 35.5. The van der Waals surface area contributed by atoms with Crippen LogP contribution in [0.3, 0.4) is 0 Å². The van der Waals surface area contributed by atoms with Crippen molar-refractivity contribution in [2.45, 2.75) is 12.3 Å². The minimum absolute atomic E-state index is 0.242. The second-order valence-electron chi connectivity index (χ2n) is 6.52. The smallest absolute Gasteiger partial charge is 0.228 e. The van der Waals surface area contributed by atoms with E-state index in [1.54, 1.807) is 35.2 Å². The van der Waals surface area contributed by atoms with Crippen LogP contribution in [0.25, 0.3) is 0 Å². The van der Waals surface area contributed by atoms with Crippen molar-refractivity contribution in [3.63, 3.8) is 0 Å². The number of halogens is 1. The molecule has 0 amide bonds. The third-order valence-corrected chi connectivity index (χ3v) is 4.64. The van der Waals surface area contributed by atoms with Crippen molar-refractivity contribution in [3.05, 3.63) is 59.0 Å². The normalized spacial score (nSPS) is 11.2. The lowest BCUT2D eigenvalue weighted by Crippen LogP contribution is -2.15. The molecule has 2 heterocycles. The largest absolute Gasteiger partial charge is 0.439 e. The molecule has 0 aliphatic heterocycles. The summed E-state index contributed by atoms with van der Waals surface area (Å²) in [4.78, 5) is 18.8. The highest BCUT2D eigenvalue weighted by Crippen LogP contribution is 2.23. The second-order valence-corrected chi connectivity index (χ2v) is 8.57. The van der Waals surface area contributed by atoms with E-state index in [1.165, 1.54) is 12.4 Å². The summed E-state index contributed by atoms with van der Waals surface area (Å²) in [5.74, 6) is 1.47. The highest BCUT2D eigenvalue weighted by molar-refractivity contribution is 7.88. The van der Waals surface area contributed by atoms with E-state index in [9.17, 15) is 8.42 Å². The molecular weight excluding hydrogens is 430 g/mol. The lowest BCUT2D eigenvalue weighted by molar-refractivity contribution is 0.460. The van der Waals surface area contributed by atoms with Crippen LogP contribution < -0.4 is 20.1 Å². The molecule has 12 heteroatoms. The number of anilines is 2. The Balaban J connectivity index is 1.76. The fourth-order valence-electron chi connectivity index (χ4n) is 2.38. The summed E-state index contributed by atoms with van der Waals surface area (Å²) in [5, 5.41) is 8.57. The third kappa shape index (κ3) is 6.51. The minimum Gasteiger partial charge on any atom is -0.439 e. The number of sulfonamides is 1. The molecule has 158 valence electrons. The number of nitrogens with one attached hydrogen (secondary N) is 1. The predicted molar refractivity (Wildman–Crippen MR) is 114 cm³/mol. The van der Waals surface area contributed by atoms with Crippen molar-refractivity contribution >= 4 is 33.5 Å². The molecule has 0 saturated heterocycles. The van der Waals surface area contributed by atoms with Crippen LogP contribution in [-0.4, -0.2) is 42.4 Å². The number of hydrogen-bond donors (Lipinski definition) is 2. The first kappa shape index (κ1) is 21.7. The van der Waals surface area contributed by atoms with Gasteiger partial charge in [-0.1, -0.05) is 23.7 Å². The Hall–Kier alpha value is -3.02. The number of primary sulfonamides is 1. The van der Waals surface area contributed by atoms with Crippen LogP contribution in [0.4, 0.5) is 11.9 Å². The number of ether oxygens (including phenoxy) is 1. The van der Waals surface area contributed by atoms with Gasteiger partial charge in [0.15, 0.2) is 0 Å². The molecule has 0 aliphatic carbocycles. The molecule has 2 aromatic heterocycles. The summed E-state index contributed by atoms with van der Waals surface area (Å²) in [6.45, 7) is 0.342. The van der Waals surface area contributed by atoms with Crippen LogP contribution in [0, 0.1) is 0 Å². The summed E-state index contributed by atoms with van der Waals surface area (Å²) >= 11 is 5.79. The van der Waals surface area contributed by atoms with Gasteiger partial charge in [0, 0.05) is 20.2 Å². The SMILES string of the molecule is CN(C)c1nc(CNc2ncc(Cl)cn2)cc(Oc2ccc(CS(N)(=O)=O)cc2)n1. The lowest BCUT2D eigenvalue weighted by Gasteiger charge is -2.14. The summed E-state index contributed by atoms with van der Waals surface area (Å²) in [5.41, 5.74) is 1.22. The molecular formula is C18H20ClN7O3S. The van der Waals surface area contributed by atoms with Gasteiger partial charge in [0.05, 0.1) is 35.4 Å². The van der Waals surface area contributed by atoms with E-state index in [0.29, 0.717) is 46.4 Å². The van der Waals surface area contributed by atoms with E-state index >= 15 is 0 Å². The van der Waals surface area contributed by atoms with Crippen molar-refractivity contribution in [1.29, 1.82) is 0 Å². The maximum absolute atomic E-state index is 11.2. The van der Waals surface area contributed by atoms with Gasteiger partial charge in [0.2, 0.25) is 27.8 Å². The molecule has 30 heavy (non-hydrogen) atoms. The Morgan fingerprint density at radius 1 is 1.13 bits per heavy atom. The zero-order valence-corrected chi connectivity index (χ0v) is 17.9. The Bertz CT molecular complexity index is 1110. The van der Waals surface area contributed by atoms with Crippen molar-refractivity contribution < 1.29 is 13.2 Å². The van der Waals surface area contributed by atoms with E-state index in [1.807, 2.05) is 14.1 Å². The number of benzene rings is 1. The van der Waals surface area contributed by atoms with E-state index < -0.39 is 10.0 Å². The van der Waals surface area contributed by atoms with Gasteiger partial charge < -0.3 is 15.0 Å². The van der Waals surface area contributed by atoms with Gasteiger partial charge in [-0.15, -0.1) is 0 Å². The number of nitrogens with two attached hydrogens (primary N) is 1. The van der Waals surface area contributed by atoms with Gasteiger partial charge in [-0.05, 0) is 17.7 Å². The van der Waals surface area contributed by atoms with Crippen molar-refractivity contribution in [2.75, 3.05) is 24.3 Å². The molecule has 3 rings (SSSR count). The molecule has 0 unspecified atom stereocenters. The first-order chi connectivity index (χ1) is 14.2. The summed E-state index contributed by atoms with van der Waals surface area (Å²) in [7, 11) is 0.0474. The van der Waals surface area contributed by atoms with Crippen LogP contribution in [0.2, 0.25) is 5.02 Å². The van der Waals surface area contributed by atoms with E-state index in [4.69, 9.17) is 21.5 Å². The standard InChI is InChI=1S/C18H20ClN7O3S/c1-26(2)18-24-14(10-23-17-21-8-13(19)9-22-17)7-16(25-18)29-15-5-3-12(4-6-15)11-30(20,27)28/h3-9H,10-11H2,1-2H3,(H2,20,27,28)(H,21,22,23). The van der Waals surface area contributed by atoms with Crippen molar-refractivity contribution in [3.8, 4) is 11.6 Å². The molecule has 0 aliphatic rings. The molecule has 0 radical (unpaired) electrons. The summed E-state index contributed by atoms with van der Waals surface area (Å²) in [6.07, 6.45) is 2.99. The van der Waals surface area contributed by atoms with Gasteiger partial charge in [0.1, 0.15) is 5.75 Å². The molecule has 0 atom stereocenters. The molecule has 0 bridgehead atoms. The average molecular weight is 450 g/mol. The third-order valence-electron chi connectivity index (χ3n) is 3.71. The van der Waals surface area contributed by atoms with Crippen LogP contribution in [0.5, 0.6) is 11.6 Å². The van der Waals surface area contributed by atoms with Crippen LogP contribution >= 0.6 is 11.6 Å². The van der Waals surface area contributed by atoms with Gasteiger partial charge in [-0.3, -0.25) is 0 Å². The predicted octanol–water partition coefficient (Wildman–Crippen LogP) is 2.18. The molecule has 0 fully saturated rings.